The van der Waals surface area contributed by atoms with Gasteiger partial charge in [-0.05, 0) is 20.8 Å². The van der Waals surface area contributed by atoms with Crippen LogP contribution in [0.1, 0.15) is 44.8 Å². The Morgan fingerprint density at radius 2 is 1.95 bits per heavy atom. The Hall–Kier alpha value is -1.83. The van der Waals surface area contributed by atoms with E-state index in [1.165, 1.54) is 0 Å². The van der Waals surface area contributed by atoms with Gasteiger partial charge in [0.1, 0.15) is 11.5 Å². The third-order valence-corrected chi connectivity index (χ3v) is 4.92. The number of hydrogen-bond acceptors (Lipinski definition) is 5. The van der Waals surface area contributed by atoms with Crippen LogP contribution >= 0.6 is 0 Å². The second-order valence-corrected chi connectivity index (χ2v) is 7.86. The van der Waals surface area contributed by atoms with Crippen molar-refractivity contribution in [2.24, 2.45) is 0 Å². The van der Waals surface area contributed by atoms with Crippen molar-refractivity contribution in [1.82, 2.24) is 14.9 Å². The van der Waals surface area contributed by atoms with Crippen LogP contribution < -0.4 is 4.72 Å². The molecule has 0 amide bonds. The van der Waals surface area contributed by atoms with E-state index >= 15 is 0 Å². The summed E-state index contributed by atoms with van der Waals surface area (Å²) < 4.78 is 34.3. The Labute approximate surface area is 130 Å². The zero-order chi connectivity index (χ0) is 16.7. The molecule has 0 atom stereocenters. The highest BCUT2D eigenvalue weighted by Gasteiger charge is 2.27. The molecule has 7 nitrogen and oxygen atoms in total. The first kappa shape index (κ1) is 16.5. The molecule has 22 heavy (non-hydrogen) atoms. The van der Waals surface area contributed by atoms with Crippen molar-refractivity contribution in [2.75, 3.05) is 4.72 Å². The van der Waals surface area contributed by atoms with Gasteiger partial charge in [-0.3, -0.25) is 4.72 Å². The van der Waals surface area contributed by atoms with Gasteiger partial charge < -0.3 is 4.52 Å². The number of anilines is 1. The second kappa shape index (κ2) is 5.42. The number of nitrogens with zero attached hydrogens (tertiary/aromatic N) is 3. The fraction of sp³-hybridized carbons (Fsp3) is 0.571. The van der Waals surface area contributed by atoms with Gasteiger partial charge in [0, 0.05) is 18.0 Å². The summed E-state index contributed by atoms with van der Waals surface area (Å²) in [6.45, 7) is 11.7. The quantitative estimate of drug-likeness (QED) is 0.932. The van der Waals surface area contributed by atoms with E-state index in [4.69, 9.17) is 4.52 Å². The SMILES string of the molecule is CCn1nc(C(C)(C)C)cc1NS(=O)(=O)c1c(C)noc1C. The van der Waals surface area contributed by atoms with Gasteiger partial charge in [-0.25, -0.2) is 13.1 Å². The number of sulfonamides is 1. The number of aromatic nitrogens is 3. The molecule has 0 saturated carbocycles. The average Bonchev–Trinajstić information content (AvgIpc) is 2.92. The molecule has 2 heterocycles. The smallest absolute Gasteiger partial charge is 0.268 e. The minimum Gasteiger partial charge on any atom is -0.360 e. The zero-order valence-corrected chi connectivity index (χ0v) is 14.6. The molecule has 2 rings (SSSR count). The molecule has 122 valence electrons. The van der Waals surface area contributed by atoms with Gasteiger partial charge in [-0.15, -0.1) is 0 Å². The summed E-state index contributed by atoms with van der Waals surface area (Å²) in [5, 5.41) is 8.16. The summed E-state index contributed by atoms with van der Waals surface area (Å²) in [7, 11) is -3.76. The van der Waals surface area contributed by atoms with Crippen molar-refractivity contribution in [3.05, 3.63) is 23.2 Å². The third-order valence-electron chi connectivity index (χ3n) is 3.32. The van der Waals surface area contributed by atoms with Gasteiger partial charge >= 0.3 is 0 Å². The first-order chi connectivity index (χ1) is 10.1. The van der Waals surface area contributed by atoms with E-state index in [9.17, 15) is 8.42 Å². The summed E-state index contributed by atoms with van der Waals surface area (Å²) in [6.07, 6.45) is 0. The summed E-state index contributed by atoms with van der Waals surface area (Å²) in [6, 6.07) is 1.76. The molecule has 0 spiro atoms. The molecule has 0 fully saturated rings. The lowest BCUT2D eigenvalue weighted by Crippen LogP contribution is -2.17. The number of rotatable bonds is 4. The maximum atomic E-state index is 12.6. The highest BCUT2D eigenvalue weighted by molar-refractivity contribution is 7.92. The van der Waals surface area contributed by atoms with Gasteiger partial charge in [0.25, 0.3) is 10.0 Å². The molecule has 0 unspecified atom stereocenters. The first-order valence-corrected chi connectivity index (χ1v) is 8.58. The highest BCUT2D eigenvalue weighted by atomic mass is 32.2. The molecular weight excluding hydrogens is 304 g/mol. The molecule has 0 bridgehead atoms. The lowest BCUT2D eigenvalue weighted by molar-refractivity contribution is 0.390. The summed E-state index contributed by atoms with van der Waals surface area (Å²) in [4.78, 5) is 0.0775. The molecule has 0 aliphatic heterocycles. The first-order valence-electron chi connectivity index (χ1n) is 7.10. The predicted molar refractivity (Wildman–Crippen MR) is 83.4 cm³/mol. The lowest BCUT2D eigenvalue weighted by Gasteiger charge is -2.13. The van der Waals surface area contributed by atoms with Crippen LogP contribution in [0.4, 0.5) is 5.82 Å². The molecular formula is C14H22N4O3S. The largest absolute Gasteiger partial charge is 0.360 e. The fourth-order valence-corrected chi connectivity index (χ4v) is 3.54. The van der Waals surface area contributed by atoms with E-state index in [0.29, 0.717) is 18.1 Å². The van der Waals surface area contributed by atoms with Crippen LogP contribution in [0.2, 0.25) is 0 Å². The Morgan fingerprint density at radius 1 is 1.32 bits per heavy atom. The van der Waals surface area contributed by atoms with Crippen LogP contribution in [0.25, 0.3) is 0 Å². The molecule has 0 saturated heterocycles. The highest BCUT2D eigenvalue weighted by Crippen LogP contribution is 2.27. The van der Waals surface area contributed by atoms with Crippen LogP contribution in [0, 0.1) is 13.8 Å². The molecule has 1 N–H and O–H groups in total. The number of aryl methyl sites for hydroxylation is 3. The lowest BCUT2D eigenvalue weighted by atomic mass is 9.92. The maximum Gasteiger partial charge on any atom is 0.268 e. The molecule has 0 radical (unpaired) electrons. The predicted octanol–water partition coefficient (Wildman–Crippen LogP) is 2.61. The van der Waals surface area contributed by atoms with Gasteiger partial charge in [0.15, 0.2) is 10.7 Å². The zero-order valence-electron chi connectivity index (χ0n) is 13.8. The topological polar surface area (TPSA) is 90.0 Å². The molecule has 0 aromatic carbocycles. The average molecular weight is 326 g/mol. The van der Waals surface area contributed by atoms with Gasteiger partial charge in [-0.2, -0.15) is 5.10 Å². The monoisotopic (exact) mass is 326 g/mol. The van der Waals surface area contributed by atoms with Crippen LogP contribution in [-0.2, 0) is 22.0 Å². The standard InChI is InChI=1S/C14H22N4O3S/c1-7-18-12(8-11(15-18)14(4,5)6)17-22(19,20)13-9(2)16-21-10(13)3/h8,17H,7H2,1-6H3. The summed E-state index contributed by atoms with van der Waals surface area (Å²) in [5.41, 5.74) is 0.998. The van der Waals surface area contributed by atoms with E-state index in [0.717, 1.165) is 5.69 Å². The molecule has 8 heteroatoms. The minimum absolute atomic E-state index is 0.0775. The Balaban J connectivity index is 2.44. The summed E-state index contributed by atoms with van der Waals surface area (Å²) >= 11 is 0. The molecule has 2 aromatic rings. The van der Waals surface area contributed by atoms with Crippen molar-refractivity contribution >= 4 is 15.8 Å². The van der Waals surface area contributed by atoms with Crippen LogP contribution in [0.5, 0.6) is 0 Å². The Bertz CT molecular complexity index is 762. The minimum atomic E-state index is -3.76. The van der Waals surface area contributed by atoms with Crippen molar-refractivity contribution in [2.45, 2.75) is 58.4 Å². The fourth-order valence-electron chi connectivity index (χ4n) is 2.15. The van der Waals surface area contributed by atoms with E-state index in [-0.39, 0.29) is 16.1 Å². The normalized spacial score (nSPS) is 12.6. The Kier molecular flexibility index (Phi) is 4.08. The maximum absolute atomic E-state index is 12.6. The van der Waals surface area contributed by atoms with E-state index in [1.54, 1.807) is 24.6 Å². The van der Waals surface area contributed by atoms with Gasteiger partial charge in [0.05, 0.1) is 5.69 Å². The second-order valence-electron chi connectivity index (χ2n) is 6.24. The van der Waals surface area contributed by atoms with E-state index in [1.807, 2.05) is 27.7 Å². The summed E-state index contributed by atoms with van der Waals surface area (Å²) in [5.74, 6) is 0.705. The molecule has 0 aliphatic carbocycles. The third kappa shape index (κ3) is 3.01. The van der Waals surface area contributed by atoms with Crippen LogP contribution in [0.3, 0.4) is 0 Å². The van der Waals surface area contributed by atoms with Crippen molar-refractivity contribution in [3.8, 4) is 0 Å². The van der Waals surface area contributed by atoms with Gasteiger partial charge in [-0.1, -0.05) is 25.9 Å². The van der Waals surface area contributed by atoms with Crippen LogP contribution in [0.15, 0.2) is 15.5 Å². The molecule has 0 aliphatic rings. The van der Waals surface area contributed by atoms with Crippen molar-refractivity contribution in [3.63, 3.8) is 0 Å². The number of nitrogens with one attached hydrogen (secondary N) is 1. The van der Waals surface area contributed by atoms with E-state index < -0.39 is 10.0 Å². The van der Waals surface area contributed by atoms with Crippen molar-refractivity contribution in [1.29, 1.82) is 0 Å². The number of hydrogen-bond donors (Lipinski definition) is 1. The molecule has 2 aromatic heterocycles. The van der Waals surface area contributed by atoms with Crippen molar-refractivity contribution < 1.29 is 12.9 Å². The van der Waals surface area contributed by atoms with E-state index in [2.05, 4.69) is 15.0 Å². The Morgan fingerprint density at radius 3 is 2.41 bits per heavy atom. The van der Waals surface area contributed by atoms with Crippen LogP contribution in [-0.4, -0.2) is 23.4 Å². The van der Waals surface area contributed by atoms with Gasteiger partial charge in [0.2, 0.25) is 0 Å².